The third kappa shape index (κ3) is 5.14. The lowest BCUT2D eigenvalue weighted by atomic mass is 9.92. The Morgan fingerprint density at radius 1 is 1.17 bits per heavy atom. The molecule has 0 aliphatic carbocycles. The number of aryl methyl sites for hydroxylation is 1. The first-order valence-corrected chi connectivity index (χ1v) is 11.8. The summed E-state index contributed by atoms with van der Waals surface area (Å²) < 4.78 is 34.0. The molecule has 0 unspecified atom stereocenters. The van der Waals surface area contributed by atoms with Crippen LogP contribution in [0.3, 0.4) is 0 Å². The molecule has 162 valence electrons. The van der Waals surface area contributed by atoms with Gasteiger partial charge in [-0.3, -0.25) is 9.52 Å². The second-order valence-corrected chi connectivity index (χ2v) is 10.7. The van der Waals surface area contributed by atoms with Gasteiger partial charge >= 0.3 is 0 Å². The van der Waals surface area contributed by atoms with Crippen molar-refractivity contribution in [2.75, 3.05) is 22.8 Å². The Hall–Kier alpha value is -2.54. The number of benzene rings is 2. The molecular weight excluding hydrogens is 400 g/mol. The summed E-state index contributed by atoms with van der Waals surface area (Å²) in [6, 6.07) is 12.5. The van der Waals surface area contributed by atoms with Crippen LogP contribution in [-0.2, 0) is 20.6 Å². The Balaban J connectivity index is 1.91. The summed E-state index contributed by atoms with van der Waals surface area (Å²) in [6.07, 6.45) is 0. The molecule has 0 spiro atoms. The minimum Gasteiger partial charge on any atom is -0.490 e. The third-order valence-electron chi connectivity index (χ3n) is 4.92. The fourth-order valence-corrected chi connectivity index (χ4v) is 4.67. The van der Waals surface area contributed by atoms with Crippen molar-refractivity contribution in [2.45, 2.75) is 40.4 Å². The molecule has 2 aromatic carbocycles. The molecule has 0 radical (unpaired) electrons. The number of hydrogen-bond acceptors (Lipinski definition) is 4. The lowest BCUT2D eigenvalue weighted by Crippen LogP contribution is -2.43. The molecule has 3 rings (SSSR count). The quantitative estimate of drug-likeness (QED) is 0.739. The fourth-order valence-electron chi connectivity index (χ4n) is 3.49. The largest absolute Gasteiger partial charge is 0.490 e. The van der Waals surface area contributed by atoms with Gasteiger partial charge in [0.1, 0.15) is 12.4 Å². The van der Waals surface area contributed by atoms with E-state index in [4.69, 9.17) is 4.74 Å². The van der Waals surface area contributed by atoms with Gasteiger partial charge in [0, 0.05) is 6.54 Å². The van der Waals surface area contributed by atoms with Crippen molar-refractivity contribution >= 4 is 27.3 Å². The minimum absolute atomic E-state index is 0.0327. The summed E-state index contributed by atoms with van der Waals surface area (Å²) in [6.45, 7) is 10.5. The first-order chi connectivity index (χ1) is 14.0. The van der Waals surface area contributed by atoms with Gasteiger partial charge in [-0.25, -0.2) is 8.42 Å². The Morgan fingerprint density at radius 3 is 2.57 bits per heavy atom. The summed E-state index contributed by atoms with van der Waals surface area (Å²) in [7, 11) is -3.61. The van der Waals surface area contributed by atoms with Crippen molar-refractivity contribution in [3.63, 3.8) is 0 Å². The van der Waals surface area contributed by atoms with Crippen LogP contribution in [0, 0.1) is 18.3 Å². The predicted molar refractivity (Wildman–Crippen MR) is 120 cm³/mol. The zero-order valence-corrected chi connectivity index (χ0v) is 19.0. The molecule has 7 heteroatoms. The second-order valence-electron chi connectivity index (χ2n) is 9.01. The second kappa shape index (κ2) is 8.30. The predicted octanol–water partition coefficient (Wildman–Crippen LogP) is 4.34. The van der Waals surface area contributed by atoms with Crippen molar-refractivity contribution < 1.29 is 17.9 Å². The van der Waals surface area contributed by atoms with Crippen LogP contribution in [0.15, 0.2) is 42.5 Å². The van der Waals surface area contributed by atoms with E-state index in [1.807, 2.05) is 52.8 Å². The molecule has 30 heavy (non-hydrogen) atoms. The molecule has 0 bridgehead atoms. The highest BCUT2D eigenvalue weighted by Crippen LogP contribution is 2.38. The number of carbonyl (C=O) groups is 1. The van der Waals surface area contributed by atoms with Crippen molar-refractivity contribution in [3.8, 4) is 5.75 Å². The molecule has 1 aliphatic rings. The van der Waals surface area contributed by atoms with E-state index in [0.717, 1.165) is 11.1 Å². The zero-order chi connectivity index (χ0) is 22.1. The number of nitrogens with one attached hydrogen (secondary N) is 1. The van der Waals surface area contributed by atoms with Gasteiger partial charge in [0.2, 0.25) is 15.9 Å². The Labute approximate surface area is 179 Å². The third-order valence-corrected chi connectivity index (χ3v) is 6.18. The fraction of sp³-hybridized carbons (Fsp3) is 0.435. The SMILES string of the molecule is Cc1cccc(CS(=O)(=O)Nc2ccc3c(c2)N(CC(C)C)C(=O)C(C)(C)CO3)c1. The first kappa shape index (κ1) is 22.2. The minimum atomic E-state index is -3.61. The molecule has 0 saturated carbocycles. The van der Waals surface area contributed by atoms with Crippen molar-refractivity contribution in [1.82, 2.24) is 0 Å². The molecule has 1 N–H and O–H groups in total. The molecule has 0 aromatic heterocycles. The van der Waals surface area contributed by atoms with Gasteiger partial charge in [-0.2, -0.15) is 0 Å². The highest BCUT2D eigenvalue weighted by molar-refractivity contribution is 7.91. The van der Waals surface area contributed by atoms with E-state index in [0.29, 0.717) is 23.7 Å². The van der Waals surface area contributed by atoms with Crippen molar-refractivity contribution in [1.29, 1.82) is 0 Å². The van der Waals surface area contributed by atoms with E-state index in [9.17, 15) is 13.2 Å². The molecule has 0 atom stereocenters. The van der Waals surface area contributed by atoms with Crippen LogP contribution in [0.25, 0.3) is 0 Å². The molecular formula is C23H30N2O4S. The molecule has 0 saturated heterocycles. The highest BCUT2D eigenvalue weighted by atomic mass is 32.2. The van der Waals surface area contributed by atoms with Crippen LogP contribution in [0.2, 0.25) is 0 Å². The average molecular weight is 431 g/mol. The van der Waals surface area contributed by atoms with Crippen molar-refractivity contribution in [2.24, 2.45) is 11.3 Å². The number of rotatable bonds is 6. The zero-order valence-electron chi connectivity index (χ0n) is 18.2. The monoisotopic (exact) mass is 430 g/mol. The van der Waals surface area contributed by atoms with Gasteiger partial charge in [0.25, 0.3) is 0 Å². The molecule has 2 aromatic rings. The topological polar surface area (TPSA) is 75.7 Å². The van der Waals surface area contributed by atoms with Crippen LogP contribution in [0.1, 0.15) is 38.8 Å². The highest BCUT2D eigenvalue weighted by Gasteiger charge is 2.38. The van der Waals surface area contributed by atoms with Crippen LogP contribution < -0.4 is 14.4 Å². The molecule has 6 nitrogen and oxygen atoms in total. The van der Waals surface area contributed by atoms with Crippen LogP contribution in [0.4, 0.5) is 11.4 Å². The maximum Gasteiger partial charge on any atom is 0.236 e. The van der Waals surface area contributed by atoms with Gasteiger partial charge in [0.05, 0.1) is 22.5 Å². The van der Waals surface area contributed by atoms with E-state index in [-0.39, 0.29) is 24.2 Å². The molecule has 1 aliphatic heterocycles. The maximum absolute atomic E-state index is 13.1. The standard InChI is InChI=1S/C23H30N2O4S/c1-16(2)13-25-20-12-19(9-10-21(20)29-15-23(4,5)22(25)26)24-30(27,28)14-18-8-6-7-17(3)11-18/h6-12,16,24H,13-15H2,1-5H3. The van der Waals surface area contributed by atoms with E-state index in [1.54, 1.807) is 29.2 Å². The number of hydrogen-bond donors (Lipinski definition) is 1. The normalized spacial score (nSPS) is 16.1. The number of ether oxygens (including phenoxy) is 1. The Bertz CT molecular complexity index is 1040. The van der Waals surface area contributed by atoms with Crippen molar-refractivity contribution in [3.05, 3.63) is 53.6 Å². The van der Waals surface area contributed by atoms with Crippen LogP contribution >= 0.6 is 0 Å². The average Bonchev–Trinajstić information content (AvgIpc) is 2.71. The number of carbonyl (C=O) groups excluding carboxylic acids is 1. The lowest BCUT2D eigenvalue weighted by molar-refractivity contribution is -0.127. The van der Waals surface area contributed by atoms with Gasteiger partial charge in [-0.05, 0) is 50.5 Å². The van der Waals surface area contributed by atoms with Crippen LogP contribution in [0.5, 0.6) is 5.75 Å². The summed E-state index contributed by atoms with van der Waals surface area (Å²) in [4.78, 5) is 14.9. The number of nitrogens with zero attached hydrogens (tertiary/aromatic N) is 1. The summed E-state index contributed by atoms with van der Waals surface area (Å²) in [5.74, 6) is 0.674. The molecule has 0 fully saturated rings. The van der Waals surface area contributed by atoms with E-state index in [2.05, 4.69) is 4.72 Å². The van der Waals surface area contributed by atoms with Gasteiger partial charge in [-0.1, -0.05) is 43.7 Å². The van der Waals surface area contributed by atoms with E-state index < -0.39 is 15.4 Å². The number of fused-ring (bicyclic) bond motifs is 1. The van der Waals surface area contributed by atoms with E-state index >= 15 is 0 Å². The lowest BCUT2D eigenvalue weighted by Gasteiger charge is -2.29. The Kier molecular flexibility index (Phi) is 6.13. The molecule has 1 heterocycles. The first-order valence-electron chi connectivity index (χ1n) is 10.1. The molecule has 1 amide bonds. The smallest absolute Gasteiger partial charge is 0.236 e. The number of sulfonamides is 1. The summed E-state index contributed by atoms with van der Waals surface area (Å²) in [5, 5.41) is 0. The Morgan fingerprint density at radius 2 is 1.90 bits per heavy atom. The van der Waals surface area contributed by atoms with Gasteiger partial charge in [-0.15, -0.1) is 0 Å². The number of anilines is 2. The van der Waals surface area contributed by atoms with Gasteiger partial charge in [0.15, 0.2) is 0 Å². The maximum atomic E-state index is 13.1. The summed E-state index contributed by atoms with van der Waals surface area (Å²) in [5.41, 5.74) is 2.06. The van der Waals surface area contributed by atoms with Gasteiger partial charge < -0.3 is 9.64 Å². The van der Waals surface area contributed by atoms with E-state index in [1.165, 1.54) is 0 Å². The van der Waals surface area contributed by atoms with Crippen LogP contribution in [-0.4, -0.2) is 27.5 Å². The summed E-state index contributed by atoms with van der Waals surface area (Å²) >= 11 is 0. The number of amides is 1.